The number of amides is 1. The van der Waals surface area contributed by atoms with Crippen LogP contribution >= 0.6 is 0 Å². The van der Waals surface area contributed by atoms with Crippen LogP contribution in [0.3, 0.4) is 0 Å². The van der Waals surface area contributed by atoms with E-state index in [1.165, 1.54) is 14.2 Å². The molecule has 0 bridgehead atoms. The van der Waals surface area contributed by atoms with Crippen LogP contribution in [0, 0.1) is 21.7 Å². The standard InChI is InChI=1S/C11H12F2N2O5/c1-19-8(20-2)5-14-11(16)9-6(12)3-4-7(10(9)13)15(17)18/h3-4,8H,5H2,1-2H3,(H,14,16). The molecule has 0 atom stereocenters. The van der Waals surface area contributed by atoms with Gasteiger partial charge in [-0.25, -0.2) is 4.39 Å². The summed E-state index contributed by atoms with van der Waals surface area (Å²) in [5, 5.41) is 12.7. The lowest BCUT2D eigenvalue weighted by Gasteiger charge is -2.14. The second-order valence-corrected chi connectivity index (χ2v) is 3.62. The molecule has 0 aliphatic carbocycles. The van der Waals surface area contributed by atoms with Crippen molar-refractivity contribution in [1.29, 1.82) is 0 Å². The van der Waals surface area contributed by atoms with E-state index in [9.17, 15) is 23.7 Å². The van der Waals surface area contributed by atoms with E-state index in [2.05, 4.69) is 5.32 Å². The summed E-state index contributed by atoms with van der Waals surface area (Å²) in [7, 11) is 2.63. The van der Waals surface area contributed by atoms with E-state index in [-0.39, 0.29) is 6.54 Å². The summed E-state index contributed by atoms with van der Waals surface area (Å²) in [6.45, 7) is -0.173. The minimum absolute atomic E-state index is 0.173. The Morgan fingerprint density at radius 1 is 1.40 bits per heavy atom. The maximum Gasteiger partial charge on any atom is 0.305 e. The van der Waals surface area contributed by atoms with Crippen molar-refractivity contribution in [3.63, 3.8) is 0 Å². The van der Waals surface area contributed by atoms with E-state index in [4.69, 9.17) is 9.47 Å². The zero-order valence-electron chi connectivity index (χ0n) is 10.7. The Hall–Kier alpha value is -2.13. The molecule has 0 aliphatic rings. The molecule has 0 saturated heterocycles. The molecule has 0 aromatic heterocycles. The number of nitro benzene ring substituents is 1. The van der Waals surface area contributed by atoms with Gasteiger partial charge in [0, 0.05) is 20.3 Å². The van der Waals surface area contributed by atoms with Crippen molar-refractivity contribution in [3.05, 3.63) is 39.4 Å². The van der Waals surface area contributed by atoms with E-state index in [0.717, 1.165) is 0 Å². The number of nitrogens with one attached hydrogen (secondary N) is 1. The first-order valence-electron chi connectivity index (χ1n) is 5.38. The molecule has 1 aromatic carbocycles. The predicted octanol–water partition coefficient (Wildman–Crippen LogP) is 1.22. The molecule has 0 heterocycles. The van der Waals surface area contributed by atoms with Gasteiger partial charge < -0.3 is 14.8 Å². The van der Waals surface area contributed by atoms with Crippen molar-refractivity contribution < 1.29 is 28.0 Å². The Morgan fingerprint density at radius 3 is 2.50 bits per heavy atom. The zero-order chi connectivity index (χ0) is 15.3. The summed E-state index contributed by atoms with van der Waals surface area (Å²) in [5.41, 5.74) is -2.00. The van der Waals surface area contributed by atoms with Crippen molar-refractivity contribution in [2.24, 2.45) is 0 Å². The van der Waals surface area contributed by atoms with Gasteiger partial charge in [-0.05, 0) is 6.07 Å². The normalized spacial score (nSPS) is 10.7. The molecule has 0 unspecified atom stereocenters. The first-order chi connectivity index (χ1) is 9.42. The van der Waals surface area contributed by atoms with Crippen LogP contribution in [0.2, 0.25) is 0 Å². The number of hydrogen-bond acceptors (Lipinski definition) is 5. The molecule has 0 aliphatic heterocycles. The highest BCUT2D eigenvalue weighted by Gasteiger charge is 2.26. The lowest BCUT2D eigenvalue weighted by molar-refractivity contribution is -0.387. The minimum Gasteiger partial charge on any atom is -0.354 e. The number of rotatable bonds is 6. The fourth-order valence-corrected chi connectivity index (χ4v) is 1.42. The molecule has 0 spiro atoms. The van der Waals surface area contributed by atoms with E-state index in [0.29, 0.717) is 12.1 Å². The van der Waals surface area contributed by atoms with Crippen LogP contribution < -0.4 is 5.32 Å². The number of halogens is 2. The second-order valence-electron chi connectivity index (χ2n) is 3.62. The quantitative estimate of drug-likeness (QED) is 0.483. The fraction of sp³-hybridized carbons (Fsp3) is 0.364. The lowest BCUT2D eigenvalue weighted by Crippen LogP contribution is -2.35. The number of carbonyl (C=O) groups is 1. The summed E-state index contributed by atoms with van der Waals surface area (Å²) >= 11 is 0. The van der Waals surface area contributed by atoms with E-state index in [1.807, 2.05) is 0 Å². The van der Waals surface area contributed by atoms with Crippen LogP contribution in [0.25, 0.3) is 0 Å². The maximum atomic E-state index is 13.7. The largest absolute Gasteiger partial charge is 0.354 e. The van der Waals surface area contributed by atoms with Gasteiger partial charge in [-0.2, -0.15) is 4.39 Å². The third-order valence-electron chi connectivity index (χ3n) is 2.45. The van der Waals surface area contributed by atoms with Gasteiger partial charge in [-0.15, -0.1) is 0 Å². The van der Waals surface area contributed by atoms with Gasteiger partial charge in [0.05, 0.1) is 11.5 Å². The Bertz CT molecular complexity index is 520. The Kier molecular flexibility index (Phi) is 5.47. The number of hydrogen-bond donors (Lipinski definition) is 1. The van der Waals surface area contributed by atoms with E-state index < -0.39 is 40.0 Å². The van der Waals surface area contributed by atoms with Crippen LogP contribution in [-0.2, 0) is 9.47 Å². The smallest absolute Gasteiger partial charge is 0.305 e. The number of benzene rings is 1. The topological polar surface area (TPSA) is 90.7 Å². The highest BCUT2D eigenvalue weighted by atomic mass is 19.1. The number of ether oxygens (including phenoxy) is 2. The van der Waals surface area contributed by atoms with Crippen LogP contribution in [0.15, 0.2) is 12.1 Å². The lowest BCUT2D eigenvalue weighted by atomic mass is 10.1. The Labute approximate surface area is 112 Å². The average molecular weight is 290 g/mol. The highest BCUT2D eigenvalue weighted by Crippen LogP contribution is 2.22. The Balaban J connectivity index is 2.98. The number of carbonyl (C=O) groups excluding carboxylic acids is 1. The first kappa shape index (κ1) is 15.9. The molecule has 1 rings (SSSR count). The van der Waals surface area contributed by atoms with Gasteiger partial charge in [0.25, 0.3) is 5.91 Å². The number of methoxy groups -OCH3 is 2. The molecule has 1 N–H and O–H groups in total. The summed E-state index contributed by atoms with van der Waals surface area (Å²) in [6, 6.07) is 1.30. The molecule has 110 valence electrons. The van der Waals surface area contributed by atoms with Crippen molar-refractivity contribution in [2.75, 3.05) is 20.8 Å². The predicted molar refractivity (Wildman–Crippen MR) is 63.2 cm³/mol. The fourth-order valence-electron chi connectivity index (χ4n) is 1.42. The third kappa shape index (κ3) is 3.45. The van der Waals surface area contributed by atoms with Gasteiger partial charge >= 0.3 is 5.69 Å². The van der Waals surface area contributed by atoms with Crippen molar-refractivity contribution >= 4 is 11.6 Å². The van der Waals surface area contributed by atoms with Crippen LogP contribution in [0.4, 0.5) is 14.5 Å². The number of nitro groups is 1. The minimum atomic E-state index is -1.53. The average Bonchev–Trinajstić information content (AvgIpc) is 2.39. The molecule has 20 heavy (non-hydrogen) atoms. The molecule has 0 radical (unpaired) electrons. The number of nitrogens with zero attached hydrogens (tertiary/aromatic N) is 1. The summed E-state index contributed by atoms with van der Waals surface area (Å²) in [5.74, 6) is -3.86. The molecule has 1 amide bonds. The van der Waals surface area contributed by atoms with E-state index >= 15 is 0 Å². The van der Waals surface area contributed by atoms with Crippen molar-refractivity contribution in [2.45, 2.75) is 6.29 Å². The highest BCUT2D eigenvalue weighted by molar-refractivity contribution is 5.95. The molecule has 1 aromatic rings. The summed E-state index contributed by atoms with van der Waals surface area (Å²) in [6.07, 6.45) is -0.802. The summed E-state index contributed by atoms with van der Waals surface area (Å²) in [4.78, 5) is 21.2. The summed E-state index contributed by atoms with van der Waals surface area (Å²) < 4.78 is 36.7. The van der Waals surface area contributed by atoms with E-state index in [1.54, 1.807) is 0 Å². The van der Waals surface area contributed by atoms with Gasteiger partial charge in [0.15, 0.2) is 6.29 Å². The molecule has 9 heteroatoms. The van der Waals surface area contributed by atoms with Crippen LogP contribution in [-0.4, -0.2) is 37.9 Å². The third-order valence-corrected chi connectivity index (χ3v) is 2.45. The van der Waals surface area contributed by atoms with Gasteiger partial charge in [-0.3, -0.25) is 14.9 Å². The monoisotopic (exact) mass is 290 g/mol. The van der Waals surface area contributed by atoms with Gasteiger partial charge in [0.2, 0.25) is 5.82 Å². The molecular weight excluding hydrogens is 278 g/mol. The van der Waals surface area contributed by atoms with Gasteiger partial charge in [0.1, 0.15) is 11.4 Å². The molecule has 0 fully saturated rings. The zero-order valence-corrected chi connectivity index (χ0v) is 10.7. The molecular formula is C11H12F2N2O5. The van der Waals surface area contributed by atoms with Gasteiger partial charge in [-0.1, -0.05) is 0 Å². The first-order valence-corrected chi connectivity index (χ1v) is 5.38. The SMILES string of the molecule is COC(CNC(=O)c1c(F)ccc([N+](=O)[O-])c1F)OC. The van der Waals surface area contributed by atoms with Crippen molar-refractivity contribution in [1.82, 2.24) is 5.32 Å². The maximum absolute atomic E-state index is 13.7. The van der Waals surface area contributed by atoms with Crippen molar-refractivity contribution in [3.8, 4) is 0 Å². The Morgan fingerprint density at radius 2 is 2.00 bits per heavy atom. The molecule has 7 nitrogen and oxygen atoms in total. The van der Waals surface area contributed by atoms with Crippen LogP contribution in [0.1, 0.15) is 10.4 Å². The van der Waals surface area contributed by atoms with Crippen LogP contribution in [0.5, 0.6) is 0 Å². The molecule has 0 saturated carbocycles. The second kappa shape index (κ2) is 6.87.